The van der Waals surface area contributed by atoms with E-state index in [2.05, 4.69) is 10.6 Å². The highest BCUT2D eigenvalue weighted by Crippen LogP contribution is 2.33. The van der Waals surface area contributed by atoms with Crippen molar-refractivity contribution < 1.29 is 37.4 Å². The molecule has 43 heavy (non-hydrogen) atoms. The van der Waals surface area contributed by atoms with Crippen LogP contribution >= 0.6 is 0 Å². The van der Waals surface area contributed by atoms with Gasteiger partial charge in [0.2, 0.25) is 5.91 Å². The van der Waals surface area contributed by atoms with E-state index in [9.17, 15) is 32.7 Å². The molecule has 0 saturated carbocycles. The fourth-order valence-corrected chi connectivity index (χ4v) is 5.10. The van der Waals surface area contributed by atoms with Crippen LogP contribution in [0.15, 0.2) is 72.8 Å². The average molecular weight is 598 g/mol. The molecule has 3 N–H and O–H groups in total. The van der Waals surface area contributed by atoms with Crippen LogP contribution in [0.4, 0.5) is 13.2 Å². The quantitative estimate of drug-likeness (QED) is 0.314. The summed E-state index contributed by atoms with van der Waals surface area (Å²) in [5.41, 5.74) is 2.72. The lowest BCUT2D eigenvalue weighted by Gasteiger charge is -2.30. The summed E-state index contributed by atoms with van der Waals surface area (Å²) in [6, 6.07) is 16.9. The Hall–Kier alpha value is -4.38. The van der Waals surface area contributed by atoms with Gasteiger partial charge in [-0.1, -0.05) is 60.7 Å². The Labute approximate surface area is 247 Å². The minimum absolute atomic E-state index is 0.00352. The van der Waals surface area contributed by atoms with Gasteiger partial charge in [0.1, 0.15) is 17.6 Å². The van der Waals surface area contributed by atoms with Gasteiger partial charge in [0.15, 0.2) is 12.7 Å². The van der Waals surface area contributed by atoms with Crippen LogP contribution in [0.25, 0.3) is 0 Å². The third kappa shape index (κ3) is 8.35. The van der Waals surface area contributed by atoms with Gasteiger partial charge in [0.25, 0.3) is 17.7 Å². The van der Waals surface area contributed by atoms with Crippen molar-refractivity contribution in [3.63, 3.8) is 0 Å². The summed E-state index contributed by atoms with van der Waals surface area (Å²) in [5, 5.41) is 16.2. The number of carbonyl (C=O) groups excluding carboxylic acids is 3. The number of amides is 3. The number of nitrogens with one attached hydrogen (secondary N) is 2. The number of halogens is 3. The Morgan fingerprint density at radius 3 is 2.33 bits per heavy atom. The molecule has 0 aliphatic carbocycles. The zero-order valence-electron chi connectivity index (χ0n) is 23.9. The van der Waals surface area contributed by atoms with E-state index < -0.39 is 67.2 Å². The summed E-state index contributed by atoms with van der Waals surface area (Å²) >= 11 is 0. The van der Waals surface area contributed by atoms with E-state index in [-0.39, 0.29) is 13.0 Å². The molecule has 1 saturated heterocycles. The minimum atomic E-state index is -3.38. The Balaban J connectivity index is 1.48. The first-order valence-electron chi connectivity index (χ1n) is 13.8. The zero-order valence-corrected chi connectivity index (χ0v) is 23.9. The predicted molar refractivity (Wildman–Crippen MR) is 153 cm³/mol. The largest absolute Gasteiger partial charge is 0.483 e. The van der Waals surface area contributed by atoms with Gasteiger partial charge in [-0.25, -0.2) is 13.2 Å². The molecule has 0 bridgehead atoms. The van der Waals surface area contributed by atoms with Gasteiger partial charge >= 0.3 is 0 Å². The average Bonchev–Trinajstić information content (AvgIpc) is 3.30. The van der Waals surface area contributed by atoms with Crippen molar-refractivity contribution in [2.75, 3.05) is 13.2 Å². The number of alkyl halides is 2. The van der Waals surface area contributed by atoms with Crippen LogP contribution in [0, 0.1) is 19.7 Å². The van der Waals surface area contributed by atoms with Crippen molar-refractivity contribution in [2.45, 2.75) is 57.3 Å². The van der Waals surface area contributed by atoms with Crippen LogP contribution in [0.5, 0.6) is 5.75 Å². The monoisotopic (exact) mass is 597 g/mol. The smallest absolute Gasteiger partial charge is 0.267 e. The standard InChI is InChI=1S/C32H34F3N3O5/c1-20-8-6-9-21(2)29(20)43-18-27(39)37-25(15-22-10-4-3-5-11-22)28(40)31(42)38-19-32(34,35)16-26(38)30(41)36-17-23-12-7-13-24(33)14-23/h3-14,25-26,28,40H,15-19H2,1-2H3,(H,36,41)(H,37,39)/t25-,26-,28-/m0/s1. The summed E-state index contributed by atoms with van der Waals surface area (Å²) in [7, 11) is 0. The molecule has 0 aromatic heterocycles. The maximum atomic E-state index is 14.5. The number of benzene rings is 3. The van der Waals surface area contributed by atoms with E-state index in [0.29, 0.717) is 21.8 Å². The molecule has 3 atom stereocenters. The maximum Gasteiger partial charge on any atom is 0.267 e. The van der Waals surface area contributed by atoms with Crippen molar-refractivity contribution in [2.24, 2.45) is 0 Å². The molecule has 0 unspecified atom stereocenters. The molecule has 3 aromatic rings. The Kier molecular flexibility index (Phi) is 10.1. The lowest BCUT2D eigenvalue weighted by molar-refractivity contribution is -0.147. The number of para-hydroxylation sites is 1. The second kappa shape index (κ2) is 13.7. The van der Waals surface area contributed by atoms with Crippen molar-refractivity contribution in [1.29, 1.82) is 0 Å². The van der Waals surface area contributed by atoms with E-state index in [1.807, 2.05) is 32.0 Å². The highest BCUT2D eigenvalue weighted by atomic mass is 19.3. The normalized spacial score (nSPS) is 17.2. The number of aryl methyl sites for hydroxylation is 2. The van der Waals surface area contributed by atoms with Crippen molar-refractivity contribution in [3.05, 3.63) is 101 Å². The number of likely N-dealkylation sites (tertiary alicyclic amines) is 1. The van der Waals surface area contributed by atoms with E-state index in [4.69, 9.17) is 4.74 Å². The highest BCUT2D eigenvalue weighted by Gasteiger charge is 2.51. The fraction of sp³-hybridized carbons (Fsp3) is 0.344. The topological polar surface area (TPSA) is 108 Å². The van der Waals surface area contributed by atoms with E-state index in [0.717, 1.165) is 11.1 Å². The summed E-state index contributed by atoms with van der Waals surface area (Å²) in [5.74, 6) is -6.00. The molecule has 3 aromatic carbocycles. The first-order chi connectivity index (χ1) is 20.4. The van der Waals surface area contributed by atoms with Gasteiger partial charge in [-0.15, -0.1) is 0 Å². The number of hydrogen-bond acceptors (Lipinski definition) is 5. The molecular weight excluding hydrogens is 563 g/mol. The molecule has 1 heterocycles. The number of nitrogens with zero attached hydrogens (tertiary/aromatic N) is 1. The molecule has 228 valence electrons. The molecule has 1 aliphatic heterocycles. The second-order valence-electron chi connectivity index (χ2n) is 10.7. The van der Waals surface area contributed by atoms with Crippen LogP contribution in [-0.2, 0) is 27.3 Å². The molecular formula is C32H34F3N3O5. The number of hydrogen-bond donors (Lipinski definition) is 3. The summed E-state index contributed by atoms with van der Waals surface area (Å²) in [6.07, 6.45) is -2.89. The van der Waals surface area contributed by atoms with Gasteiger partial charge in [0.05, 0.1) is 12.6 Å². The first kappa shape index (κ1) is 31.6. The Morgan fingerprint density at radius 1 is 1.00 bits per heavy atom. The van der Waals surface area contributed by atoms with Gasteiger partial charge in [0, 0.05) is 13.0 Å². The first-order valence-corrected chi connectivity index (χ1v) is 13.8. The Morgan fingerprint density at radius 2 is 1.65 bits per heavy atom. The molecule has 1 aliphatic rings. The number of aliphatic hydroxyl groups is 1. The van der Waals surface area contributed by atoms with Crippen molar-refractivity contribution in [1.82, 2.24) is 15.5 Å². The predicted octanol–water partition coefficient (Wildman–Crippen LogP) is 3.46. The molecule has 8 nitrogen and oxygen atoms in total. The summed E-state index contributed by atoms with van der Waals surface area (Å²) in [4.78, 5) is 40.0. The molecule has 4 rings (SSSR count). The van der Waals surface area contributed by atoms with E-state index in [1.165, 1.54) is 18.2 Å². The van der Waals surface area contributed by atoms with E-state index in [1.54, 1.807) is 36.4 Å². The lowest BCUT2D eigenvalue weighted by atomic mass is 9.99. The molecule has 1 fully saturated rings. The van der Waals surface area contributed by atoms with Crippen LogP contribution in [-0.4, -0.2) is 65.0 Å². The van der Waals surface area contributed by atoms with Crippen LogP contribution in [0.3, 0.4) is 0 Å². The number of carbonyl (C=O) groups is 3. The van der Waals surface area contributed by atoms with Crippen molar-refractivity contribution in [3.8, 4) is 5.75 Å². The van der Waals surface area contributed by atoms with Gasteiger partial charge in [-0.3, -0.25) is 14.4 Å². The third-order valence-corrected chi connectivity index (χ3v) is 7.25. The summed E-state index contributed by atoms with van der Waals surface area (Å²) in [6.45, 7) is 2.03. The maximum absolute atomic E-state index is 14.5. The molecule has 3 amide bonds. The second-order valence-corrected chi connectivity index (χ2v) is 10.7. The molecule has 11 heteroatoms. The lowest BCUT2D eigenvalue weighted by Crippen LogP contribution is -2.56. The number of ether oxygens (including phenoxy) is 1. The zero-order chi connectivity index (χ0) is 31.1. The number of aliphatic hydroxyl groups excluding tert-OH is 1. The third-order valence-electron chi connectivity index (χ3n) is 7.25. The van der Waals surface area contributed by atoms with Crippen LogP contribution in [0.2, 0.25) is 0 Å². The van der Waals surface area contributed by atoms with Crippen LogP contribution < -0.4 is 15.4 Å². The van der Waals surface area contributed by atoms with Crippen LogP contribution in [0.1, 0.15) is 28.7 Å². The SMILES string of the molecule is Cc1cccc(C)c1OCC(=O)N[C@@H](Cc1ccccc1)[C@H](O)C(=O)N1CC(F)(F)C[C@H]1C(=O)NCc1cccc(F)c1. The minimum Gasteiger partial charge on any atom is -0.483 e. The van der Waals surface area contributed by atoms with Gasteiger partial charge in [-0.05, 0) is 54.7 Å². The van der Waals surface area contributed by atoms with Crippen molar-refractivity contribution >= 4 is 17.7 Å². The highest BCUT2D eigenvalue weighted by molar-refractivity contribution is 5.91. The molecule has 0 spiro atoms. The van der Waals surface area contributed by atoms with Gasteiger partial charge < -0.3 is 25.4 Å². The Bertz CT molecular complexity index is 1430. The van der Waals surface area contributed by atoms with Gasteiger partial charge in [-0.2, -0.15) is 0 Å². The molecule has 0 radical (unpaired) electrons. The fourth-order valence-electron chi connectivity index (χ4n) is 5.10. The summed E-state index contributed by atoms with van der Waals surface area (Å²) < 4.78 is 48.3. The van der Waals surface area contributed by atoms with E-state index >= 15 is 0 Å². The number of rotatable bonds is 11.